The van der Waals surface area contributed by atoms with Gasteiger partial charge in [0.05, 0.1) is 18.0 Å². The van der Waals surface area contributed by atoms with E-state index < -0.39 is 5.60 Å². The van der Waals surface area contributed by atoms with Crippen molar-refractivity contribution in [2.45, 2.75) is 71.3 Å². The van der Waals surface area contributed by atoms with E-state index in [0.29, 0.717) is 36.4 Å². The van der Waals surface area contributed by atoms with E-state index in [4.69, 9.17) is 4.74 Å². The zero-order valence-electron chi connectivity index (χ0n) is 15.9. The molecule has 3 heteroatoms. The number of hydrogen-bond donors (Lipinski definition) is 1. The lowest BCUT2D eigenvalue weighted by Gasteiger charge is -2.58. The van der Waals surface area contributed by atoms with Crippen LogP contribution in [0.25, 0.3) is 0 Å². The molecule has 5 unspecified atom stereocenters. The van der Waals surface area contributed by atoms with Gasteiger partial charge in [-0.3, -0.25) is 4.79 Å². The van der Waals surface area contributed by atoms with Gasteiger partial charge in [-0.25, -0.2) is 0 Å². The minimum Gasteiger partial charge on any atom is -0.498 e. The van der Waals surface area contributed by atoms with Gasteiger partial charge in [-0.1, -0.05) is 13.0 Å². The van der Waals surface area contributed by atoms with Crippen molar-refractivity contribution in [2.24, 2.45) is 29.1 Å². The molecule has 0 aromatic rings. The van der Waals surface area contributed by atoms with Crippen molar-refractivity contribution in [3.63, 3.8) is 0 Å². The van der Waals surface area contributed by atoms with Crippen molar-refractivity contribution in [1.82, 2.24) is 0 Å². The molecule has 0 amide bonds. The number of allylic oxidation sites excluding steroid dienone is 4. The van der Waals surface area contributed by atoms with Crippen molar-refractivity contribution >= 4 is 5.78 Å². The zero-order chi connectivity index (χ0) is 17.8. The third-order valence-corrected chi connectivity index (χ3v) is 7.79. The molecule has 0 aliphatic heterocycles. The van der Waals surface area contributed by atoms with Crippen molar-refractivity contribution in [3.05, 3.63) is 23.5 Å². The Morgan fingerprint density at radius 1 is 1.28 bits per heavy atom. The summed E-state index contributed by atoms with van der Waals surface area (Å²) in [6, 6.07) is 0. The summed E-state index contributed by atoms with van der Waals surface area (Å²) >= 11 is 0. The number of aliphatic hydroxyl groups is 1. The summed E-state index contributed by atoms with van der Waals surface area (Å²) < 4.78 is 5.75. The van der Waals surface area contributed by atoms with Crippen molar-refractivity contribution in [1.29, 1.82) is 0 Å². The Morgan fingerprint density at radius 2 is 2.08 bits per heavy atom. The van der Waals surface area contributed by atoms with Gasteiger partial charge in [0, 0.05) is 18.3 Å². The summed E-state index contributed by atoms with van der Waals surface area (Å²) in [6.07, 6.45) is 10.9. The van der Waals surface area contributed by atoms with Crippen molar-refractivity contribution < 1.29 is 14.6 Å². The first kappa shape index (κ1) is 17.3. The van der Waals surface area contributed by atoms with Crippen LogP contribution in [-0.2, 0) is 9.53 Å². The van der Waals surface area contributed by atoms with Gasteiger partial charge in [-0.2, -0.15) is 0 Å². The maximum absolute atomic E-state index is 12.8. The number of fused-ring (bicyclic) bond motifs is 5. The van der Waals surface area contributed by atoms with Gasteiger partial charge < -0.3 is 9.84 Å². The van der Waals surface area contributed by atoms with Gasteiger partial charge in [0.15, 0.2) is 0 Å². The second-order valence-electron chi connectivity index (χ2n) is 8.93. The lowest BCUT2D eigenvalue weighted by Crippen LogP contribution is -2.58. The first-order valence-electron chi connectivity index (χ1n) is 10.2. The Hall–Kier alpha value is -1.09. The fourth-order valence-corrected chi connectivity index (χ4v) is 6.97. The van der Waals surface area contributed by atoms with Crippen LogP contribution in [0.2, 0.25) is 0 Å². The number of ether oxygens (including phenoxy) is 1. The quantitative estimate of drug-likeness (QED) is 0.825. The molecule has 4 rings (SSSR count). The maximum Gasteiger partial charge on any atom is 0.139 e. The van der Waals surface area contributed by atoms with E-state index in [0.717, 1.165) is 44.5 Å². The molecule has 0 radical (unpaired) electrons. The summed E-state index contributed by atoms with van der Waals surface area (Å²) in [7, 11) is 0. The van der Waals surface area contributed by atoms with Crippen LogP contribution in [0.15, 0.2) is 23.5 Å². The molecule has 0 bridgehead atoms. The molecule has 3 nitrogen and oxygen atoms in total. The topological polar surface area (TPSA) is 46.5 Å². The first-order valence-corrected chi connectivity index (χ1v) is 10.2. The van der Waals surface area contributed by atoms with E-state index >= 15 is 0 Å². The molecule has 4 aliphatic carbocycles. The Morgan fingerprint density at radius 3 is 2.80 bits per heavy atom. The minimum absolute atomic E-state index is 0.267. The largest absolute Gasteiger partial charge is 0.498 e. The SMILES string of the molecule is CCOC1=CC2=CCC3C(C2CC1)C(C)(O)C[C@]1(CC)C(=O)CCC31. The normalized spacial score (nSPS) is 45.8. The van der Waals surface area contributed by atoms with E-state index in [-0.39, 0.29) is 11.3 Å². The molecular formula is C22H32O3. The molecule has 4 aliphatic rings. The number of Topliss-reactive ketones (excluding diaryl/α,β-unsaturated/α-hetero) is 1. The van der Waals surface area contributed by atoms with Gasteiger partial charge in [-0.15, -0.1) is 0 Å². The highest BCUT2D eigenvalue weighted by molar-refractivity contribution is 5.87. The highest BCUT2D eigenvalue weighted by atomic mass is 16.5. The maximum atomic E-state index is 12.8. The van der Waals surface area contributed by atoms with Gasteiger partial charge >= 0.3 is 0 Å². The molecule has 0 aromatic carbocycles. The molecule has 2 saturated carbocycles. The summed E-state index contributed by atoms with van der Waals surface area (Å²) in [5.41, 5.74) is 0.347. The molecule has 6 atom stereocenters. The second-order valence-corrected chi connectivity index (χ2v) is 8.93. The van der Waals surface area contributed by atoms with Gasteiger partial charge in [0.1, 0.15) is 5.78 Å². The Bertz CT molecular complexity index is 629. The van der Waals surface area contributed by atoms with E-state index in [9.17, 15) is 9.90 Å². The number of ketones is 1. The van der Waals surface area contributed by atoms with Crippen LogP contribution in [0, 0.1) is 29.1 Å². The summed E-state index contributed by atoms with van der Waals surface area (Å²) in [5, 5.41) is 11.5. The van der Waals surface area contributed by atoms with E-state index in [1.807, 2.05) is 13.8 Å². The first-order chi connectivity index (χ1) is 11.9. The molecule has 0 saturated heterocycles. The molecule has 25 heavy (non-hydrogen) atoms. The van der Waals surface area contributed by atoms with Crippen LogP contribution in [0.4, 0.5) is 0 Å². The lowest BCUT2D eigenvalue weighted by molar-refractivity contribution is -0.164. The number of carbonyl (C=O) groups excluding carboxylic acids is 1. The zero-order valence-corrected chi connectivity index (χ0v) is 15.9. The molecule has 0 heterocycles. The van der Waals surface area contributed by atoms with E-state index in [2.05, 4.69) is 19.1 Å². The molecule has 1 N–H and O–H groups in total. The molecular weight excluding hydrogens is 312 g/mol. The van der Waals surface area contributed by atoms with Gasteiger partial charge in [0.2, 0.25) is 0 Å². The molecule has 2 fully saturated rings. The molecule has 138 valence electrons. The Kier molecular flexibility index (Phi) is 4.14. The third-order valence-electron chi connectivity index (χ3n) is 7.79. The monoisotopic (exact) mass is 344 g/mol. The van der Waals surface area contributed by atoms with Crippen molar-refractivity contribution in [2.75, 3.05) is 6.61 Å². The number of hydrogen-bond acceptors (Lipinski definition) is 3. The van der Waals surface area contributed by atoms with Gasteiger partial charge in [0.25, 0.3) is 0 Å². The van der Waals surface area contributed by atoms with Crippen molar-refractivity contribution in [3.8, 4) is 0 Å². The van der Waals surface area contributed by atoms with Crippen LogP contribution in [0.3, 0.4) is 0 Å². The fourth-order valence-electron chi connectivity index (χ4n) is 6.97. The third kappa shape index (κ3) is 2.45. The summed E-state index contributed by atoms with van der Waals surface area (Å²) in [4.78, 5) is 12.8. The lowest BCUT2D eigenvalue weighted by atomic mass is 9.48. The van der Waals surface area contributed by atoms with Crippen LogP contribution in [0.1, 0.15) is 65.7 Å². The Balaban J connectivity index is 1.72. The summed E-state index contributed by atoms with van der Waals surface area (Å²) in [6.45, 7) is 6.91. The van der Waals surface area contributed by atoms with Gasteiger partial charge in [-0.05, 0) is 81.3 Å². The highest BCUT2D eigenvalue weighted by Crippen LogP contribution is 2.64. The van der Waals surface area contributed by atoms with E-state index in [1.165, 1.54) is 5.57 Å². The number of rotatable bonds is 3. The van der Waals surface area contributed by atoms with Crippen LogP contribution in [0.5, 0.6) is 0 Å². The molecule has 0 aromatic heterocycles. The predicted molar refractivity (Wildman–Crippen MR) is 97.8 cm³/mol. The van der Waals surface area contributed by atoms with Crippen LogP contribution >= 0.6 is 0 Å². The standard InChI is InChI=1S/C22H32O3/c1-4-22-13-21(3,24)20-16-9-7-15(25-5-2)12-14(16)6-8-17(20)18(22)10-11-19(22)23/h6,12,16-18,20,24H,4-5,7-11,13H2,1-3H3/t16?,17?,18?,20?,21?,22-/m0/s1. The smallest absolute Gasteiger partial charge is 0.139 e. The predicted octanol–water partition coefficient (Wildman–Crippen LogP) is 4.41. The minimum atomic E-state index is -0.752. The van der Waals surface area contributed by atoms with Crippen LogP contribution in [-0.4, -0.2) is 23.1 Å². The average Bonchev–Trinajstić information content (AvgIpc) is 2.91. The summed E-state index contributed by atoms with van der Waals surface area (Å²) in [5.74, 6) is 3.12. The molecule has 0 spiro atoms. The van der Waals surface area contributed by atoms with E-state index in [1.54, 1.807) is 0 Å². The Labute approximate surface area is 151 Å². The fraction of sp³-hybridized carbons (Fsp3) is 0.773. The highest BCUT2D eigenvalue weighted by Gasteiger charge is 2.63. The van der Waals surface area contributed by atoms with Crippen LogP contribution < -0.4 is 0 Å². The average molecular weight is 344 g/mol. The second kappa shape index (κ2) is 5.97. The number of carbonyl (C=O) groups is 1.